The van der Waals surface area contributed by atoms with Crippen molar-refractivity contribution in [1.82, 2.24) is 19.1 Å². The molecule has 0 saturated carbocycles. The summed E-state index contributed by atoms with van der Waals surface area (Å²) < 4.78 is 8.13. The number of aromatic nitrogens is 4. The van der Waals surface area contributed by atoms with Gasteiger partial charge in [-0.15, -0.1) is 0 Å². The van der Waals surface area contributed by atoms with E-state index in [9.17, 15) is 14.7 Å². The molecule has 0 amide bonds. The average molecular weight is 435 g/mol. The molecular weight excluding hydrogens is 412 g/mol. The second-order valence-corrected chi connectivity index (χ2v) is 7.43. The van der Waals surface area contributed by atoms with Crippen LogP contribution in [0.15, 0.2) is 39.0 Å². The van der Waals surface area contributed by atoms with Crippen molar-refractivity contribution >= 4 is 34.9 Å². The Hall–Kier alpha value is -2.95. The highest BCUT2D eigenvalue weighted by Crippen LogP contribution is 2.16. The zero-order valence-electron chi connectivity index (χ0n) is 16.8. The van der Waals surface area contributed by atoms with Crippen LogP contribution >= 0.6 is 11.6 Å². The number of H-pyrrole nitrogens is 1. The number of nitrogens with zero attached hydrogens (tertiary/aromatic N) is 4. The number of halogens is 1. The molecule has 11 heteroatoms. The van der Waals surface area contributed by atoms with Crippen LogP contribution < -0.4 is 16.7 Å². The van der Waals surface area contributed by atoms with Gasteiger partial charge in [-0.1, -0.05) is 23.7 Å². The molecule has 1 aromatic carbocycles. The minimum Gasteiger partial charge on any atom is -0.389 e. The summed E-state index contributed by atoms with van der Waals surface area (Å²) in [6.45, 7) is 3.81. The maximum absolute atomic E-state index is 12.4. The molecule has 10 nitrogen and oxygen atoms in total. The normalized spacial score (nSPS) is 12.9. The molecule has 3 aromatic rings. The Morgan fingerprint density at radius 1 is 1.33 bits per heavy atom. The number of aliphatic hydroxyl groups excluding tert-OH is 1. The number of fused-ring (bicyclic) bond motifs is 1. The largest absolute Gasteiger partial charge is 0.389 e. The fraction of sp³-hybridized carbons (Fsp3) is 0.368. The Morgan fingerprint density at radius 2 is 2.03 bits per heavy atom. The van der Waals surface area contributed by atoms with Crippen LogP contribution in [0.3, 0.4) is 0 Å². The third-order valence-corrected chi connectivity index (χ3v) is 4.52. The van der Waals surface area contributed by atoms with Gasteiger partial charge in [0.1, 0.15) is 0 Å². The molecule has 0 fully saturated rings. The molecule has 0 aliphatic rings. The summed E-state index contributed by atoms with van der Waals surface area (Å²) in [5.41, 5.74) is 2.70. The van der Waals surface area contributed by atoms with Crippen LogP contribution in [0.25, 0.3) is 11.2 Å². The number of aryl methyl sites for hydroxylation is 1. The van der Waals surface area contributed by atoms with Crippen LogP contribution in [0.5, 0.6) is 0 Å². The van der Waals surface area contributed by atoms with Crippen LogP contribution in [0.4, 0.5) is 5.95 Å². The van der Waals surface area contributed by atoms with Gasteiger partial charge in [-0.25, -0.2) is 10.2 Å². The molecular formula is C19H23ClN6O4. The van der Waals surface area contributed by atoms with Gasteiger partial charge >= 0.3 is 5.69 Å². The summed E-state index contributed by atoms with van der Waals surface area (Å²) in [6, 6.07) is 7.05. The number of imidazole rings is 1. The lowest BCUT2D eigenvalue weighted by atomic mass is 10.2. The summed E-state index contributed by atoms with van der Waals surface area (Å²) >= 11 is 5.88. The fourth-order valence-corrected chi connectivity index (χ4v) is 2.90. The molecule has 0 unspecified atom stereocenters. The Bertz CT molecular complexity index is 1160. The summed E-state index contributed by atoms with van der Waals surface area (Å²) in [5.74, 6) is 0.200. The van der Waals surface area contributed by atoms with Crippen LogP contribution in [-0.2, 0) is 18.3 Å². The number of ether oxygens (including phenoxy) is 1. The second kappa shape index (κ2) is 9.24. The molecule has 2 heterocycles. The average Bonchev–Trinajstić information content (AvgIpc) is 3.05. The molecule has 0 saturated heterocycles. The highest BCUT2D eigenvalue weighted by Gasteiger charge is 2.19. The van der Waals surface area contributed by atoms with Crippen molar-refractivity contribution in [3.63, 3.8) is 0 Å². The molecule has 30 heavy (non-hydrogen) atoms. The van der Waals surface area contributed by atoms with E-state index in [4.69, 9.17) is 16.3 Å². The number of anilines is 1. The van der Waals surface area contributed by atoms with Crippen LogP contribution in [0.1, 0.15) is 19.4 Å². The molecule has 0 radical (unpaired) electrons. The van der Waals surface area contributed by atoms with E-state index in [1.165, 1.54) is 16.2 Å². The standard InChI is InChI=1S/C19H23ClN6O4/c1-11(2)30-10-14(27)9-26-15-16(25(3)19(29)23-17(15)28)22-18(26)24-21-8-12-4-6-13(20)7-5-12/h4-8,11,14,27H,9-10H2,1-3H3,(H,22,24)(H,23,28,29)/b21-8+/t14-/m0/s1. The van der Waals surface area contributed by atoms with Crippen molar-refractivity contribution in [2.45, 2.75) is 32.6 Å². The summed E-state index contributed by atoms with van der Waals surface area (Å²) in [5, 5.41) is 15.1. The molecule has 1 atom stereocenters. The van der Waals surface area contributed by atoms with Gasteiger partial charge in [0.15, 0.2) is 11.2 Å². The van der Waals surface area contributed by atoms with Gasteiger partial charge in [-0.2, -0.15) is 10.1 Å². The predicted octanol–water partition coefficient (Wildman–Crippen LogP) is 1.31. The molecule has 2 aromatic heterocycles. The Kier molecular flexibility index (Phi) is 6.70. The van der Waals surface area contributed by atoms with Gasteiger partial charge in [0.2, 0.25) is 5.95 Å². The highest BCUT2D eigenvalue weighted by atomic mass is 35.5. The minimum absolute atomic E-state index is 0.0172. The lowest BCUT2D eigenvalue weighted by Gasteiger charge is -2.15. The number of hydrogen-bond acceptors (Lipinski definition) is 7. The van der Waals surface area contributed by atoms with E-state index in [0.29, 0.717) is 5.02 Å². The van der Waals surface area contributed by atoms with Crippen molar-refractivity contribution in [1.29, 1.82) is 0 Å². The van der Waals surface area contributed by atoms with E-state index in [-0.39, 0.29) is 36.4 Å². The number of aliphatic hydroxyl groups is 1. The van der Waals surface area contributed by atoms with Crippen molar-refractivity contribution in [2.75, 3.05) is 12.0 Å². The van der Waals surface area contributed by atoms with E-state index in [1.807, 2.05) is 13.8 Å². The first-order valence-electron chi connectivity index (χ1n) is 9.30. The maximum Gasteiger partial charge on any atom is 0.329 e. The van der Waals surface area contributed by atoms with Gasteiger partial charge < -0.3 is 14.4 Å². The number of nitrogens with one attached hydrogen (secondary N) is 2. The topological polar surface area (TPSA) is 127 Å². The smallest absolute Gasteiger partial charge is 0.329 e. The number of hydrogen-bond donors (Lipinski definition) is 3. The molecule has 0 aliphatic carbocycles. The lowest BCUT2D eigenvalue weighted by molar-refractivity contribution is -0.000105. The fourth-order valence-electron chi connectivity index (χ4n) is 2.78. The Balaban J connectivity index is 1.96. The molecule has 0 bridgehead atoms. The Morgan fingerprint density at radius 3 is 2.70 bits per heavy atom. The van der Waals surface area contributed by atoms with Crippen molar-refractivity contribution in [3.8, 4) is 0 Å². The van der Waals surface area contributed by atoms with Crippen LogP contribution in [0, 0.1) is 0 Å². The molecule has 160 valence electrons. The number of benzene rings is 1. The SMILES string of the molecule is CC(C)OC[C@@H](O)Cn1c(N/N=C/c2ccc(Cl)cc2)nc2c1c(=O)[nH]c(=O)n2C. The molecule has 3 rings (SSSR count). The third-order valence-electron chi connectivity index (χ3n) is 4.27. The first-order valence-corrected chi connectivity index (χ1v) is 9.68. The van der Waals surface area contributed by atoms with Crippen molar-refractivity contribution < 1.29 is 9.84 Å². The van der Waals surface area contributed by atoms with Gasteiger partial charge in [0, 0.05) is 12.1 Å². The quantitative estimate of drug-likeness (QED) is 0.362. The lowest BCUT2D eigenvalue weighted by Crippen LogP contribution is -2.30. The number of rotatable bonds is 8. The zero-order valence-corrected chi connectivity index (χ0v) is 17.6. The van der Waals surface area contributed by atoms with Crippen LogP contribution in [0.2, 0.25) is 5.02 Å². The molecule has 0 aliphatic heterocycles. The first kappa shape index (κ1) is 21.8. The molecule has 3 N–H and O–H groups in total. The predicted molar refractivity (Wildman–Crippen MR) is 115 cm³/mol. The molecule has 0 spiro atoms. The summed E-state index contributed by atoms with van der Waals surface area (Å²) in [4.78, 5) is 30.9. The van der Waals surface area contributed by atoms with Gasteiger partial charge in [-0.3, -0.25) is 14.3 Å². The maximum atomic E-state index is 12.4. The Labute approximate surface area is 176 Å². The number of hydrazone groups is 1. The number of aromatic amines is 1. The van der Waals surface area contributed by atoms with Gasteiger partial charge in [0.25, 0.3) is 5.56 Å². The summed E-state index contributed by atoms with van der Waals surface area (Å²) in [6.07, 6.45) is 0.605. The summed E-state index contributed by atoms with van der Waals surface area (Å²) in [7, 11) is 1.50. The van der Waals surface area contributed by atoms with Crippen molar-refractivity contribution in [2.24, 2.45) is 12.1 Å². The van der Waals surface area contributed by atoms with E-state index >= 15 is 0 Å². The van der Waals surface area contributed by atoms with Crippen molar-refractivity contribution in [3.05, 3.63) is 55.7 Å². The minimum atomic E-state index is -0.901. The van der Waals surface area contributed by atoms with E-state index < -0.39 is 17.4 Å². The van der Waals surface area contributed by atoms with E-state index in [1.54, 1.807) is 30.5 Å². The van der Waals surface area contributed by atoms with E-state index in [0.717, 1.165) is 5.56 Å². The highest BCUT2D eigenvalue weighted by molar-refractivity contribution is 6.30. The van der Waals surface area contributed by atoms with Gasteiger partial charge in [-0.05, 0) is 31.5 Å². The van der Waals surface area contributed by atoms with Crippen LogP contribution in [-0.4, -0.2) is 49.2 Å². The van der Waals surface area contributed by atoms with Gasteiger partial charge in [0.05, 0.1) is 31.6 Å². The second-order valence-electron chi connectivity index (χ2n) is 6.99. The third kappa shape index (κ3) is 4.96. The monoisotopic (exact) mass is 434 g/mol. The first-order chi connectivity index (χ1) is 14.3. The van der Waals surface area contributed by atoms with E-state index in [2.05, 4.69) is 20.5 Å². The zero-order chi connectivity index (χ0) is 21.8.